The van der Waals surface area contributed by atoms with Crippen molar-refractivity contribution in [3.8, 4) is 0 Å². The van der Waals surface area contributed by atoms with E-state index in [1.54, 1.807) is 0 Å². The van der Waals surface area contributed by atoms with Gasteiger partial charge in [-0.15, -0.1) is 0 Å². The highest BCUT2D eigenvalue weighted by atomic mass is 16.6. The molecule has 1 fully saturated rings. The van der Waals surface area contributed by atoms with Crippen LogP contribution in [0.2, 0.25) is 0 Å². The third-order valence-corrected chi connectivity index (χ3v) is 4.02. The fourth-order valence-corrected chi connectivity index (χ4v) is 2.44. The zero-order valence-corrected chi connectivity index (χ0v) is 15.1. The average molecular weight is 322 g/mol. The van der Waals surface area contributed by atoms with Gasteiger partial charge in [0.25, 0.3) is 0 Å². The molecule has 6 nitrogen and oxygen atoms in total. The smallest absolute Gasteiger partial charge is 0.410 e. The van der Waals surface area contributed by atoms with Crippen LogP contribution in [-0.4, -0.2) is 45.5 Å². The molecule has 1 aromatic heterocycles. The summed E-state index contributed by atoms with van der Waals surface area (Å²) >= 11 is 0. The first-order valence-corrected chi connectivity index (χ1v) is 8.46. The Hall–Kier alpha value is -1.56. The molecule has 1 aliphatic rings. The third-order valence-electron chi connectivity index (χ3n) is 4.02. The lowest BCUT2D eigenvalue weighted by Crippen LogP contribution is -2.39. The van der Waals surface area contributed by atoms with Crippen molar-refractivity contribution in [3.63, 3.8) is 0 Å². The highest BCUT2D eigenvalue weighted by Gasteiger charge is 2.34. The summed E-state index contributed by atoms with van der Waals surface area (Å²) in [5, 5.41) is 7.66. The van der Waals surface area contributed by atoms with E-state index in [0.717, 1.165) is 38.9 Å². The van der Waals surface area contributed by atoms with Crippen molar-refractivity contribution in [1.82, 2.24) is 20.0 Å². The molecule has 130 valence electrons. The van der Waals surface area contributed by atoms with E-state index in [4.69, 9.17) is 4.74 Å². The topological polar surface area (TPSA) is 59.4 Å². The van der Waals surface area contributed by atoms with Crippen LogP contribution in [0.4, 0.5) is 4.79 Å². The molecule has 1 saturated carbocycles. The summed E-state index contributed by atoms with van der Waals surface area (Å²) in [6.07, 6.45) is 4.85. The van der Waals surface area contributed by atoms with Crippen molar-refractivity contribution in [3.05, 3.63) is 17.5 Å². The maximum absolute atomic E-state index is 12.2. The molecule has 1 N–H and O–H groups in total. The average Bonchev–Trinajstić information content (AvgIpc) is 3.22. The molecule has 0 aromatic carbocycles. The number of hydrogen-bond donors (Lipinski definition) is 1. The van der Waals surface area contributed by atoms with Gasteiger partial charge in [0.1, 0.15) is 5.60 Å². The van der Waals surface area contributed by atoms with Gasteiger partial charge < -0.3 is 15.0 Å². The second-order valence-corrected chi connectivity index (χ2v) is 7.31. The van der Waals surface area contributed by atoms with Gasteiger partial charge in [0.15, 0.2) is 0 Å². The van der Waals surface area contributed by atoms with Crippen molar-refractivity contribution < 1.29 is 9.53 Å². The van der Waals surface area contributed by atoms with E-state index < -0.39 is 5.60 Å². The van der Waals surface area contributed by atoms with Crippen LogP contribution in [0.1, 0.15) is 51.3 Å². The van der Waals surface area contributed by atoms with Gasteiger partial charge in [0.2, 0.25) is 0 Å². The summed E-state index contributed by atoms with van der Waals surface area (Å²) in [5.74, 6) is 0. The maximum Gasteiger partial charge on any atom is 0.410 e. The van der Waals surface area contributed by atoms with Crippen LogP contribution in [0.15, 0.2) is 6.20 Å². The number of carbonyl (C=O) groups is 1. The Morgan fingerprint density at radius 2 is 2.17 bits per heavy atom. The summed E-state index contributed by atoms with van der Waals surface area (Å²) < 4.78 is 7.38. The number of rotatable bonds is 7. The molecule has 0 saturated heterocycles. The van der Waals surface area contributed by atoms with Crippen LogP contribution < -0.4 is 5.32 Å². The molecule has 6 heteroatoms. The summed E-state index contributed by atoms with van der Waals surface area (Å²) in [6.45, 7) is 10.2. The molecule has 23 heavy (non-hydrogen) atoms. The Labute approximate surface area is 139 Å². The first-order chi connectivity index (χ1) is 10.8. The normalized spacial score (nSPS) is 14.8. The number of nitrogens with one attached hydrogen (secondary N) is 1. The molecular formula is C17H30N4O2. The van der Waals surface area contributed by atoms with Gasteiger partial charge >= 0.3 is 6.09 Å². The molecule has 0 bridgehead atoms. The fourth-order valence-electron chi connectivity index (χ4n) is 2.44. The monoisotopic (exact) mass is 322 g/mol. The lowest BCUT2D eigenvalue weighted by atomic mass is 10.2. The molecule has 0 aliphatic heterocycles. The summed E-state index contributed by atoms with van der Waals surface area (Å²) in [4.78, 5) is 14.1. The Morgan fingerprint density at radius 3 is 2.70 bits per heavy atom. The van der Waals surface area contributed by atoms with E-state index in [1.165, 1.54) is 11.3 Å². The van der Waals surface area contributed by atoms with Crippen LogP contribution in [0.3, 0.4) is 0 Å². The highest BCUT2D eigenvalue weighted by molar-refractivity contribution is 5.69. The minimum absolute atomic E-state index is 0.178. The van der Waals surface area contributed by atoms with Crippen molar-refractivity contribution in [2.24, 2.45) is 7.05 Å². The third kappa shape index (κ3) is 5.53. The van der Waals surface area contributed by atoms with Gasteiger partial charge in [-0.05, 0) is 53.5 Å². The van der Waals surface area contributed by atoms with Crippen LogP contribution in [0.25, 0.3) is 0 Å². The van der Waals surface area contributed by atoms with E-state index >= 15 is 0 Å². The number of hydrogen-bond acceptors (Lipinski definition) is 4. The van der Waals surface area contributed by atoms with Crippen LogP contribution in [-0.2, 0) is 18.3 Å². The van der Waals surface area contributed by atoms with Crippen molar-refractivity contribution >= 4 is 6.09 Å². The largest absolute Gasteiger partial charge is 0.444 e. The minimum Gasteiger partial charge on any atom is -0.444 e. The minimum atomic E-state index is -0.430. The molecule has 2 rings (SSSR count). The predicted molar refractivity (Wildman–Crippen MR) is 90.2 cm³/mol. The number of nitrogens with zero attached hydrogens (tertiary/aromatic N) is 3. The quantitative estimate of drug-likeness (QED) is 0.784. The van der Waals surface area contributed by atoms with Gasteiger partial charge in [-0.25, -0.2) is 4.79 Å². The number of ether oxygens (including phenoxy) is 1. The number of aromatic nitrogens is 2. The summed E-state index contributed by atoms with van der Waals surface area (Å²) in [7, 11) is 1.95. The van der Waals surface area contributed by atoms with Crippen LogP contribution in [0, 0.1) is 6.92 Å². The van der Waals surface area contributed by atoms with E-state index in [0.29, 0.717) is 6.04 Å². The first-order valence-electron chi connectivity index (χ1n) is 8.46. The predicted octanol–water partition coefficient (Wildman–Crippen LogP) is 2.61. The zero-order chi connectivity index (χ0) is 17.0. The van der Waals surface area contributed by atoms with Gasteiger partial charge in [0.05, 0.1) is 6.20 Å². The SMILES string of the molecule is Cc1c(CNCCCN(C(=O)OC(C)(C)C)C2CC2)cnn1C. The van der Waals surface area contributed by atoms with Gasteiger partial charge in [-0.1, -0.05) is 0 Å². The van der Waals surface area contributed by atoms with E-state index in [9.17, 15) is 4.79 Å². The number of aryl methyl sites for hydroxylation is 1. The molecule has 0 unspecified atom stereocenters. The van der Waals surface area contributed by atoms with E-state index in [-0.39, 0.29) is 6.09 Å². The van der Waals surface area contributed by atoms with Crippen LogP contribution >= 0.6 is 0 Å². The van der Waals surface area contributed by atoms with Gasteiger partial charge in [-0.2, -0.15) is 5.10 Å². The zero-order valence-electron chi connectivity index (χ0n) is 15.1. The molecule has 0 spiro atoms. The Kier molecular flexibility index (Phi) is 5.68. The van der Waals surface area contributed by atoms with Gasteiger partial charge in [0, 0.05) is 37.4 Å². The van der Waals surface area contributed by atoms with Crippen molar-refractivity contribution in [2.75, 3.05) is 13.1 Å². The van der Waals surface area contributed by atoms with Crippen molar-refractivity contribution in [2.45, 2.75) is 65.1 Å². The van der Waals surface area contributed by atoms with E-state index in [1.807, 2.05) is 43.6 Å². The maximum atomic E-state index is 12.2. The highest BCUT2D eigenvalue weighted by Crippen LogP contribution is 2.28. The lowest BCUT2D eigenvalue weighted by Gasteiger charge is -2.27. The van der Waals surface area contributed by atoms with Crippen LogP contribution in [0.5, 0.6) is 0 Å². The molecule has 1 amide bonds. The van der Waals surface area contributed by atoms with Gasteiger partial charge in [-0.3, -0.25) is 4.68 Å². The Morgan fingerprint density at radius 1 is 1.48 bits per heavy atom. The Bertz CT molecular complexity index is 529. The standard InChI is InChI=1S/C17H30N4O2/c1-13-14(12-19-20(13)5)11-18-9-6-10-21(15-7-8-15)16(22)23-17(2,3)4/h12,15,18H,6-11H2,1-5H3. The van der Waals surface area contributed by atoms with E-state index in [2.05, 4.69) is 17.3 Å². The molecular weight excluding hydrogens is 292 g/mol. The molecule has 1 heterocycles. The number of amides is 1. The van der Waals surface area contributed by atoms with Crippen molar-refractivity contribution in [1.29, 1.82) is 0 Å². The Balaban J connectivity index is 1.70. The summed E-state index contributed by atoms with van der Waals surface area (Å²) in [5.41, 5.74) is 1.98. The molecule has 0 atom stereocenters. The second kappa shape index (κ2) is 7.34. The second-order valence-electron chi connectivity index (χ2n) is 7.31. The fraction of sp³-hybridized carbons (Fsp3) is 0.765. The first kappa shape index (κ1) is 17.8. The molecule has 0 radical (unpaired) electrons. The molecule has 1 aliphatic carbocycles. The summed E-state index contributed by atoms with van der Waals surface area (Å²) in [6, 6.07) is 0.380. The number of carbonyl (C=O) groups excluding carboxylic acids is 1. The lowest BCUT2D eigenvalue weighted by molar-refractivity contribution is 0.0232. The molecule has 1 aromatic rings.